The standard InChI is InChI=1S/C32H30ClN3O6S/c1-5-7-25-28(31(38)41-6-2)29(20-10-8-19(9-11-20)18(3)4)35-30(37)27(43-32(35)34-25)17-22-13-15-26(42-22)23-14-12-21(36(39)40)16-24(23)33/h8-18,29H,5-7H2,1-4H3/b27-17-/t29-/m1/s1. The second-order valence-corrected chi connectivity index (χ2v) is 11.8. The normalized spacial score (nSPS) is 15.0. The molecule has 0 fully saturated rings. The number of furan rings is 1. The van der Waals surface area contributed by atoms with E-state index in [2.05, 4.69) is 13.8 Å². The van der Waals surface area contributed by atoms with Gasteiger partial charge in [0.05, 0.1) is 38.4 Å². The number of thiazole rings is 1. The van der Waals surface area contributed by atoms with E-state index in [0.717, 1.165) is 17.5 Å². The fourth-order valence-electron chi connectivity index (χ4n) is 5.02. The molecular weight excluding hydrogens is 590 g/mol. The predicted molar refractivity (Wildman–Crippen MR) is 166 cm³/mol. The molecule has 5 rings (SSSR count). The third-order valence-electron chi connectivity index (χ3n) is 7.14. The molecule has 0 radical (unpaired) electrons. The number of hydrogen-bond donors (Lipinski definition) is 0. The molecule has 1 atom stereocenters. The van der Waals surface area contributed by atoms with E-state index in [1.165, 1.54) is 29.5 Å². The van der Waals surface area contributed by atoms with E-state index < -0.39 is 16.9 Å². The molecule has 2 aromatic heterocycles. The van der Waals surface area contributed by atoms with E-state index in [-0.39, 0.29) is 22.9 Å². The number of ether oxygens (including phenoxy) is 1. The summed E-state index contributed by atoms with van der Waals surface area (Å²) in [5.41, 5.74) is 2.96. The number of hydrogen-bond acceptors (Lipinski definition) is 8. The van der Waals surface area contributed by atoms with Gasteiger partial charge in [-0.2, -0.15) is 0 Å². The van der Waals surface area contributed by atoms with E-state index in [0.29, 0.717) is 50.0 Å². The number of carbonyl (C=O) groups excluding carboxylic acids is 1. The van der Waals surface area contributed by atoms with Gasteiger partial charge in [-0.25, -0.2) is 9.79 Å². The van der Waals surface area contributed by atoms with Gasteiger partial charge in [-0.3, -0.25) is 19.5 Å². The molecule has 0 unspecified atom stereocenters. The van der Waals surface area contributed by atoms with Crippen LogP contribution in [0.1, 0.15) is 69.4 Å². The maximum absolute atomic E-state index is 14.0. The van der Waals surface area contributed by atoms with Crippen molar-refractivity contribution in [3.63, 3.8) is 0 Å². The number of carbonyl (C=O) groups is 1. The summed E-state index contributed by atoms with van der Waals surface area (Å²) in [5, 5.41) is 11.3. The van der Waals surface area contributed by atoms with Crippen LogP contribution in [0.3, 0.4) is 0 Å². The maximum Gasteiger partial charge on any atom is 0.338 e. The Labute approximate surface area is 256 Å². The molecule has 0 N–H and O–H groups in total. The van der Waals surface area contributed by atoms with Gasteiger partial charge >= 0.3 is 5.97 Å². The summed E-state index contributed by atoms with van der Waals surface area (Å²) in [6.45, 7) is 8.18. The zero-order valence-corrected chi connectivity index (χ0v) is 25.7. The highest BCUT2D eigenvalue weighted by molar-refractivity contribution is 7.07. The Bertz CT molecular complexity index is 1920. The second-order valence-electron chi connectivity index (χ2n) is 10.4. The quantitative estimate of drug-likeness (QED) is 0.120. The minimum atomic E-state index is -0.703. The minimum absolute atomic E-state index is 0.125. The van der Waals surface area contributed by atoms with Crippen molar-refractivity contribution in [1.29, 1.82) is 0 Å². The molecule has 3 heterocycles. The van der Waals surface area contributed by atoms with E-state index in [1.807, 2.05) is 31.2 Å². The maximum atomic E-state index is 14.0. The molecule has 2 aromatic carbocycles. The SMILES string of the molecule is CCCC1=C(C(=O)OCC)[C@@H](c2ccc(C(C)C)cc2)n2c(s/c(=C\c3ccc(-c4ccc([N+](=O)[O-])cc4Cl)o3)c2=O)=N1. The van der Waals surface area contributed by atoms with Crippen molar-refractivity contribution in [3.8, 4) is 11.3 Å². The van der Waals surface area contributed by atoms with Crippen LogP contribution in [-0.2, 0) is 9.53 Å². The Morgan fingerprint density at radius 2 is 1.93 bits per heavy atom. The zero-order valence-electron chi connectivity index (χ0n) is 24.1. The first kappa shape index (κ1) is 30.2. The number of aromatic nitrogens is 1. The van der Waals surface area contributed by atoms with Crippen molar-refractivity contribution < 1.29 is 18.9 Å². The largest absolute Gasteiger partial charge is 0.463 e. The number of esters is 1. The molecule has 1 aliphatic rings. The fourth-order valence-corrected chi connectivity index (χ4v) is 6.29. The Morgan fingerprint density at radius 1 is 1.19 bits per heavy atom. The Hall–Kier alpha value is -4.28. The highest BCUT2D eigenvalue weighted by Gasteiger charge is 2.34. The van der Waals surface area contributed by atoms with Gasteiger partial charge < -0.3 is 9.15 Å². The van der Waals surface area contributed by atoms with Crippen molar-refractivity contribution in [2.75, 3.05) is 6.61 Å². The monoisotopic (exact) mass is 619 g/mol. The summed E-state index contributed by atoms with van der Waals surface area (Å²) >= 11 is 7.51. The van der Waals surface area contributed by atoms with Crippen molar-refractivity contribution in [1.82, 2.24) is 4.57 Å². The van der Waals surface area contributed by atoms with E-state index in [1.54, 1.807) is 29.7 Å². The number of nitro benzene ring substituents is 1. The lowest BCUT2D eigenvalue weighted by molar-refractivity contribution is -0.384. The van der Waals surface area contributed by atoms with Crippen LogP contribution in [0.15, 0.2) is 80.1 Å². The lowest BCUT2D eigenvalue weighted by Gasteiger charge is -2.26. The fraction of sp³-hybridized carbons (Fsp3) is 0.281. The Balaban J connectivity index is 1.64. The number of non-ortho nitro benzene ring substituents is 1. The van der Waals surface area contributed by atoms with Crippen molar-refractivity contribution >= 4 is 40.7 Å². The highest BCUT2D eigenvalue weighted by atomic mass is 35.5. The molecule has 11 heteroatoms. The highest BCUT2D eigenvalue weighted by Crippen LogP contribution is 2.34. The summed E-state index contributed by atoms with van der Waals surface area (Å²) in [4.78, 5) is 43.2. The Morgan fingerprint density at radius 3 is 2.56 bits per heavy atom. The van der Waals surface area contributed by atoms with Crippen molar-refractivity contribution in [2.24, 2.45) is 4.99 Å². The number of halogens is 1. The lowest BCUT2D eigenvalue weighted by Crippen LogP contribution is -2.40. The smallest absolute Gasteiger partial charge is 0.338 e. The van der Waals surface area contributed by atoms with E-state index in [9.17, 15) is 19.7 Å². The number of nitro groups is 1. The van der Waals surface area contributed by atoms with Crippen LogP contribution in [0.2, 0.25) is 5.02 Å². The lowest BCUT2D eigenvalue weighted by atomic mass is 9.92. The molecule has 0 bridgehead atoms. The van der Waals surface area contributed by atoms with E-state index >= 15 is 0 Å². The van der Waals surface area contributed by atoms with Gasteiger partial charge in [-0.15, -0.1) is 0 Å². The molecule has 0 aliphatic carbocycles. The zero-order chi connectivity index (χ0) is 30.8. The number of fused-ring (bicyclic) bond motifs is 1. The van der Waals surface area contributed by atoms with Gasteiger partial charge in [-0.05, 0) is 48.6 Å². The van der Waals surface area contributed by atoms with Gasteiger partial charge in [0.2, 0.25) is 0 Å². The van der Waals surface area contributed by atoms with Crippen LogP contribution >= 0.6 is 22.9 Å². The molecule has 0 saturated heterocycles. The van der Waals surface area contributed by atoms with Crippen LogP contribution < -0.4 is 14.9 Å². The third-order valence-corrected chi connectivity index (χ3v) is 8.44. The molecule has 0 saturated carbocycles. The minimum Gasteiger partial charge on any atom is -0.463 e. The van der Waals surface area contributed by atoms with Gasteiger partial charge in [0, 0.05) is 23.8 Å². The van der Waals surface area contributed by atoms with E-state index in [4.69, 9.17) is 25.7 Å². The first-order valence-electron chi connectivity index (χ1n) is 14.0. The van der Waals surface area contributed by atoms with Crippen LogP contribution in [0.4, 0.5) is 5.69 Å². The molecule has 0 amide bonds. The number of nitrogens with zero attached hydrogens (tertiary/aromatic N) is 3. The summed E-state index contributed by atoms with van der Waals surface area (Å²) in [7, 11) is 0. The van der Waals surface area contributed by atoms with Gasteiger partial charge in [0.25, 0.3) is 11.2 Å². The summed E-state index contributed by atoms with van der Waals surface area (Å²) in [6.07, 6.45) is 2.94. The number of rotatable bonds is 9. The molecule has 0 spiro atoms. The van der Waals surface area contributed by atoms with Gasteiger partial charge in [0.15, 0.2) is 4.80 Å². The average molecular weight is 620 g/mol. The van der Waals surface area contributed by atoms with Crippen molar-refractivity contribution in [3.05, 3.63) is 118 Å². The number of benzene rings is 2. The molecule has 1 aliphatic heterocycles. The third kappa shape index (κ3) is 5.98. The molecule has 43 heavy (non-hydrogen) atoms. The van der Waals surface area contributed by atoms with Gasteiger partial charge in [0.1, 0.15) is 11.5 Å². The molecule has 222 valence electrons. The first-order valence-corrected chi connectivity index (χ1v) is 15.2. The van der Waals surface area contributed by atoms with Crippen LogP contribution in [0.25, 0.3) is 17.4 Å². The number of allylic oxidation sites excluding steroid dienone is 1. The van der Waals surface area contributed by atoms with Crippen LogP contribution in [-0.4, -0.2) is 22.1 Å². The molecular formula is C32H30ClN3O6S. The van der Waals surface area contributed by atoms with Crippen LogP contribution in [0.5, 0.6) is 0 Å². The topological polar surface area (TPSA) is 117 Å². The van der Waals surface area contributed by atoms with Gasteiger partial charge in [-0.1, -0.05) is 74.4 Å². The second kappa shape index (κ2) is 12.5. The summed E-state index contributed by atoms with van der Waals surface area (Å²) in [5.74, 6) is 0.631. The molecule has 4 aromatic rings. The summed E-state index contributed by atoms with van der Waals surface area (Å²) in [6, 6.07) is 14.8. The van der Waals surface area contributed by atoms with Crippen molar-refractivity contribution in [2.45, 2.75) is 52.5 Å². The Kier molecular flexibility index (Phi) is 8.79. The molecule has 9 nitrogen and oxygen atoms in total. The summed E-state index contributed by atoms with van der Waals surface area (Å²) < 4.78 is 13.4. The average Bonchev–Trinajstić information content (AvgIpc) is 3.56. The first-order chi connectivity index (χ1) is 20.6. The predicted octanol–water partition coefficient (Wildman–Crippen LogP) is 6.52. The van der Waals surface area contributed by atoms with Crippen LogP contribution in [0, 0.1) is 10.1 Å².